The molecule has 0 aromatic heterocycles. The summed E-state index contributed by atoms with van der Waals surface area (Å²) in [6, 6.07) is 7.54. The highest BCUT2D eigenvalue weighted by Crippen LogP contribution is 2.13. The fraction of sp³-hybridized carbons (Fsp3) is 0.500. The van der Waals surface area contributed by atoms with Gasteiger partial charge in [0.2, 0.25) is 0 Å². The van der Waals surface area contributed by atoms with Crippen molar-refractivity contribution in [2.24, 2.45) is 0 Å². The second-order valence-electron chi connectivity index (χ2n) is 4.57. The van der Waals surface area contributed by atoms with Crippen molar-refractivity contribution in [1.29, 1.82) is 0 Å². The molecule has 18 heavy (non-hydrogen) atoms. The van der Waals surface area contributed by atoms with E-state index in [0.717, 1.165) is 36.2 Å². The molecule has 1 aliphatic rings. The van der Waals surface area contributed by atoms with E-state index in [4.69, 9.17) is 4.74 Å². The third-order valence-corrected chi connectivity index (χ3v) is 3.74. The number of Topliss-reactive ketones (excluding diaryl/α,β-unsaturated/α-hetero) is 1. The maximum atomic E-state index is 12.1. The predicted octanol–water partition coefficient (Wildman–Crippen LogP) is 2.74. The number of benzene rings is 1. The van der Waals surface area contributed by atoms with Crippen molar-refractivity contribution >= 4 is 21.7 Å². The maximum absolute atomic E-state index is 12.1. The Kier molecular flexibility index (Phi) is 4.92. The van der Waals surface area contributed by atoms with Crippen LogP contribution in [-0.4, -0.2) is 43.0 Å². The highest BCUT2D eigenvalue weighted by molar-refractivity contribution is 9.10. The monoisotopic (exact) mass is 311 g/mol. The number of carbonyl (C=O) groups excluding carboxylic acids is 1. The minimum atomic E-state index is 0.180. The molecule has 0 spiro atoms. The molecule has 1 fully saturated rings. The van der Waals surface area contributed by atoms with Crippen LogP contribution in [0.2, 0.25) is 0 Å². The van der Waals surface area contributed by atoms with Crippen molar-refractivity contribution in [1.82, 2.24) is 4.90 Å². The Morgan fingerprint density at radius 1 is 1.44 bits per heavy atom. The van der Waals surface area contributed by atoms with E-state index >= 15 is 0 Å². The van der Waals surface area contributed by atoms with Gasteiger partial charge in [-0.1, -0.05) is 35.0 Å². The first-order valence-corrected chi connectivity index (χ1v) is 7.11. The molecule has 2 rings (SSSR count). The van der Waals surface area contributed by atoms with Gasteiger partial charge in [0.1, 0.15) is 0 Å². The highest BCUT2D eigenvalue weighted by atomic mass is 79.9. The number of carbonyl (C=O) groups is 1. The zero-order chi connectivity index (χ0) is 13.0. The fourth-order valence-corrected chi connectivity index (χ4v) is 2.37. The third kappa shape index (κ3) is 3.64. The van der Waals surface area contributed by atoms with Crippen molar-refractivity contribution in [3.63, 3.8) is 0 Å². The molecule has 0 aliphatic carbocycles. The molecule has 0 amide bonds. The van der Waals surface area contributed by atoms with Crippen LogP contribution < -0.4 is 0 Å². The standard InChI is InChI=1S/C14H18BrNO2/c1-2-13-9-16(7-8-18-13)10-14(17)11-3-5-12(15)6-4-11/h3-6,13H,2,7-10H2,1H3. The third-order valence-electron chi connectivity index (χ3n) is 3.21. The lowest BCUT2D eigenvalue weighted by molar-refractivity contribution is -0.0271. The fourth-order valence-electron chi connectivity index (χ4n) is 2.10. The zero-order valence-corrected chi connectivity index (χ0v) is 12.1. The topological polar surface area (TPSA) is 29.5 Å². The van der Waals surface area contributed by atoms with Crippen LogP contribution in [0, 0.1) is 0 Å². The van der Waals surface area contributed by atoms with Gasteiger partial charge in [0.25, 0.3) is 0 Å². The average molecular weight is 312 g/mol. The van der Waals surface area contributed by atoms with Crippen LogP contribution in [0.4, 0.5) is 0 Å². The predicted molar refractivity (Wildman–Crippen MR) is 74.9 cm³/mol. The minimum absolute atomic E-state index is 0.180. The smallest absolute Gasteiger partial charge is 0.176 e. The summed E-state index contributed by atoms with van der Waals surface area (Å²) in [5, 5.41) is 0. The summed E-state index contributed by atoms with van der Waals surface area (Å²) in [6.07, 6.45) is 1.28. The highest BCUT2D eigenvalue weighted by Gasteiger charge is 2.21. The first-order valence-electron chi connectivity index (χ1n) is 6.31. The summed E-state index contributed by atoms with van der Waals surface area (Å²) in [6.45, 7) is 5.04. The molecule has 0 radical (unpaired) electrons. The van der Waals surface area contributed by atoms with Crippen LogP contribution in [0.15, 0.2) is 28.7 Å². The van der Waals surface area contributed by atoms with Crippen LogP contribution in [-0.2, 0) is 4.74 Å². The largest absolute Gasteiger partial charge is 0.376 e. The van der Waals surface area contributed by atoms with Crippen molar-refractivity contribution in [3.05, 3.63) is 34.3 Å². The summed E-state index contributed by atoms with van der Waals surface area (Å²) in [4.78, 5) is 14.3. The number of halogens is 1. The molecule has 1 atom stereocenters. The molecule has 1 aromatic rings. The van der Waals surface area contributed by atoms with Crippen molar-refractivity contribution < 1.29 is 9.53 Å². The van der Waals surface area contributed by atoms with Crippen LogP contribution in [0.25, 0.3) is 0 Å². The van der Waals surface area contributed by atoms with Gasteiger partial charge >= 0.3 is 0 Å². The summed E-state index contributed by atoms with van der Waals surface area (Å²) < 4.78 is 6.60. The Morgan fingerprint density at radius 3 is 2.83 bits per heavy atom. The molecular weight excluding hydrogens is 294 g/mol. The zero-order valence-electron chi connectivity index (χ0n) is 10.6. The molecule has 0 bridgehead atoms. The van der Waals surface area contributed by atoms with Gasteiger partial charge in [-0.25, -0.2) is 0 Å². The molecule has 98 valence electrons. The molecule has 1 aromatic carbocycles. The van der Waals surface area contributed by atoms with E-state index in [1.54, 1.807) is 0 Å². The Morgan fingerprint density at radius 2 is 2.17 bits per heavy atom. The summed E-state index contributed by atoms with van der Waals surface area (Å²) >= 11 is 3.37. The van der Waals surface area contributed by atoms with E-state index in [9.17, 15) is 4.79 Å². The number of morpholine rings is 1. The lowest BCUT2D eigenvalue weighted by atomic mass is 10.1. The lowest BCUT2D eigenvalue weighted by Gasteiger charge is -2.31. The molecule has 0 N–H and O–H groups in total. The average Bonchev–Trinajstić information content (AvgIpc) is 2.39. The van der Waals surface area contributed by atoms with Gasteiger partial charge < -0.3 is 4.74 Å². The minimum Gasteiger partial charge on any atom is -0.376 e. The van der Waals surface area contributed by atoms with Crippen LogP contribution in [0.1, 0.15) is 23.7 Å². The number of ketones is 1. The number of rotatable bonds is 4. The molecule has 1 unspecified atom stereocenters. The summed E-state index contributed by atoms with van der Waals surface area (Å²) in [5.41, 5.74) is 0.776. The molecule has 0 saturated carbocycles. The van der Waals surface area contributed by atoms with Gasteiger partial charge in [0.15, 0.2) is 5.78 Å². The second kappa shape index (κ2) is 6.45. The van der Waals surface area contributed by atoms with Crippen LogP contribution in [0.3, 0.4) is 0 Å². The van der Waals surface area contributed by atoms with E-state index in [1.807, 2.05) is 24.3 Å². The van der Waals surface area contributed by atoms with Crippen molar-refractivity contribution in [2.45, 2.75) is 19.4 Å². The Bertz CT molecular complexity index is 405. The maximum Gasteiger partial charge on any atom is 0.176 e. The molecule has 1 aliphatic heterocycles. The summed E-state index contributed by atoms with van der Waals surface area (Å²) in [7, 11) is 0. The van der Waals surface area contributed by atoms with E-state index in [0.29, 0.717) is 6.54 Å². The van der Waals surface area contributed by atoms with Gasteiger partial charge in [0, 0.05) is 23.1 Å². The van der Waals surface area contributed by atoms with Gasteiger partial charge in [-0.3, -0.25) is 9.69 Å². The molecule has 1 saturated heterocycles. The normalized spacial score (nSPS) is 20.9. The van der Waals surface area contributed by atoms with E-state index < -0.39 is 0 Å². The Labute approximate surface area is 116 Å². The van der Waals surface area contributed by atoms with E-state index in [-0.39, 0.29) is 11.9 Å². The van der Waals surface area contributed by atoms with E-state index in [2.05, 4.69) is 27.8 Å². The number of nitrogens with zero attached hydrogens (tertiary/aromatic N) is 1. The first-order chi connectivity index (χ1) is 8.69. The molecule has 3 nitrogen and oxygen atoms in total. The first kappa shape index (κ1) is 13.7. The van der Waals surface area contributed by atoms with Crippen molar-refractivity contribution in [3.8, 4) is 0 Å². The second-order valence-corrected chi connectivity index (χ2v) is 5.48. The molecule has 1 heterocycles. The van der Waals surface area contributed by atoms with Gasteiger partial charge in [-0.05, 0) is 18.6 Å². The van der Waals surface area contributed by atoms with Gasteiger partial charge in [-0.15, -0.1) is 0 Å². The molecular formula is C14H18BrNO2. The number of hydrogen-bond donors (Lipinski definition) is 0. The summed E-state index contributed by atoms with van der Waals surface area (Å²) in [5.74, 6) is 0.180. The SMILES string of the molecule is CCC1CN(CC(=O)c2ccc(Br)cc2)CCO1. The number of hydrogen-bond acceptors (Lipinski definition) is 3. The number of ether oxygens (including phenoxy) is 1. The lowest BCUT2D eigenvalue weighted by Crippen LogP contribution is -2.44. The van der Waals surface area contributed by atoms with Crippen LogP contribution in [0.5, 0.6) is 0 Å². The van der Waals surface area contributed by atoms with Gasteiger partial charge in [0.05, 0.1) is 19.3 Å². The van der Waals surface area contributed by atoms with Gasteiger partial charge in [-0.2, -0.15) is 0 Å². The molecule has 4 heteroatoms. The Balaban J connectivity index is 1.92. The Hall–Kier alpha value is -0.710. The van der Waals surface area contributed by atoms with Crippen LogP contribution >= 0.6 is 15.9 Å². The quantitative estimate of drug-likeness (QED) is 0.801. The van der Waals surface area contributed by atoms with Crippen molar-refractivity contribution in [2.75, 3.05) is 26.2 Å². The van der Waals surface area contributed by atoms with E-state index in [1.165, 1.54) is 0 Å².